The monoisotopic (exact) mass is 261 g/mol. The number of carbonyl (C=O) groups excluding carboxylic acids is 1. The first-order valence-electron chi connectivity index (χ1n) is 4.85. The SMILES string of the molecule is COCC1=CC(C(=O)OC)(S(N)(=O)=O)CC=C1. The van der Waals surface area contributed by atoms with Gasteiger partial charge in [0.1, 0.15) is 0 Å². The highest BCUT2D eigenvalue weighted by atomic mass is 32.2. The maximum atomic E-state index is 11.7. The number of nitrogens with two attached hydrogens (primary N) is 1. The summed E-state index contributed by atoms with van der Waals surface area (Å²) >= 11 is 0. The number of hydrogen-bond acceptors (Lipinski definition) is 5. The van der Waals surface area contributed by atoms with Crippen molar-refractivity contribution in [2.45, 2.75) is 11.2 Å². The fourth-order valence-corrected chi connectivity index (χ4v) is 2.64. The van der Waals surface area contributed by atoms with E-state index in [1.807, 2.05) is 0 Å². The van der Waals surface area contributed by atoms with E-state index in [0.717, 1.165) is 7.11 Å². The van der Waals surface area contributed by atoms with Crippen molar-refractivity contribution in [3.05, 3.63) is 23.8 Å². The summed E-state index contributed by atoms with van der Waals surface area (Å²) in [5.74, 6) is -0.891. The van der Waals surface area contributed by atoms with E-state index in [4.69, 9.17) is 9.88 Å². The summed E-state index contributed by atoms with van der Waals surface area (Å²) in [5.41, 5.74) is 0.568. The number of esters is 1. The number of primary sulfonamides is 1. The zero-order chi connectivity index (χ0) is 13.1. The Morgan fingerprint density at radius 3 is 2.65 bits per heavy atom. The molecule has 0 saturated carbocycles. The molecule has 1 aliphatic carbocycles. The normalized spacial score (nSPS) is 24.3. The number of methoxy groups -OCH3 is 2. The van der Waals surface area contributed by atoms with Gasteiger partial charge >= 0.3 is 5.97 Å². The molecular weight excluding hydrogens is 246 g/mol. The number of allylic oxidation sites excluding steroid dienone is 1. The highest BCUT2D eigenvalue weighted by molar-refractivity contribution is 7.91. The Kier molecular flexibility index (Phi) is 4.07. The maximum Gasteiger partial charge on any atom is 0.332 e. The van der Waals surface area contributed by atoms with Gasteiger partial charge in [0.2, 0.25) is 14.8 Å². The van der Waals surface area contributed by atoms with Gasteiger partial charge in [0.15, 0.2) is 0 Å². The maximum absolute atomic E-state index is 11.7. The van der Waals surface area contributed by atoms with Crippen molar-refractivity contribution in [2.75, 3.05) is 20.8 Å². The molecule has 0 heterocycles. The second-order valence-corrected chi connectivity index (χ2v) is 5.50. The van der Waals surface area contributed by atoms with Crippen LogP contribution in [-0.2, 0) is 24.3 Å². The lowest BCUT2D eigenvalue weighted by molar-refractivity contribution is -0.142. The zero-order valence-corrected chi connectivity index (χ0v) is 10.5. The van der Waals surface area contributed by atoms with Crippen LogP contribution in [0.5, 0.6) is 0 Å². The molecule has 0 aromatic carbocycles. The molecule has 0 aliphatic heterocycles. The molecule has 0 spiro atoms. The molecule has 17 heavy (non-hydrogen) atoms. The van der Waals surface area contributed by atoms with Crippen LogP contribution in [-0.4, -0.2) is 40.0 Å². The van der Waals surface area contributed by atoms with Crippen molar-refractivity contribution >= 4 is 16.0 Å². The number of carbonyl (C=O) groups is 1. The van der Waals surface area contributed by atoms with Crippen molar-refractivity contribution in [3.8, 4) is 0 Å². The number of ether oxygens (including phenoxy) is 2. The Morgan fingerprint density at radius 2 is 2.18 bits per heavy atom. The van der Waals surface area contributed by atoms with E-state index in [1.165, 1.54) is 13.2 Å². The van der Waals surface area contributed by atoms with Gasteiger partial charge in [-0.3, -0.25) is 0 Å². The Hall–Kier alpha value is -1.18. The zero-order valence-electron chi connectivity index (χ0n) is 9.67. The molecule has 96 valence electrons. The molecule has 7 heteroatoms. The predicted octanol–water partition coefficient (Wildman–Crippen LogP) is -0.281. The van der Waals surface area contributed by atoms with Crippen LogP contribution in [0.1, 0.15) is 6.42 Å². The van der Waals surface area contributed by atoms with Crippen LogP contribution < -0.4 is 5.14 Å². The molecule has 0 saturated heterocycles. The quantitative estimate of drug-likeness (QED) is 0.702. The average molecular weight is 261 g/mol. The van der Waals surface area contributed by atoms with Crippen LogP contribution in [0.15, 0.2) is 23.8 Å². The first kappa shape index (κ1) is 13.9. The van der Waals surface area contributed by atoms with E-state index in [2.05, 4.69) is 4.74 Å². The lowest BCUT2D eigenvalue weighted by atomic mass is 9.95. The number of rotatable bonds is 4. The predicted molar refractivity (Wildman–Crippen MR) is 61.6 cm³/mol. The third kappa shape index (κ3) is 2.56. The minimum Gasteiger partial charge on any atom is -0.468 e. The molecule has 1 atom stereocenters. The van der Waals surface area contributed by atoms with Crippen molar-refractivity contribution in [1.82, 2.24) is 0 Å². The third-order valence-electron chi connectivity index (χ3n) is 2.52. The van der Waals surface area contributed by atoms with Gasteiger partial charge in [0, 0.05) is 13.5 Å². The van der Waals surface area contributed by atoms with Crippen molar-refractivity contribution in [3.63, 3.8) is 0 Å². The lowest BCUT2D eigenvalue weighted by Gasteiger charge is -2.27. The van der Waals surface area contributed by atoms with Gasteiger partial charge in [-0.1, -0.05) is 12.2 Å². The lowest BCUT2D eigenvalue weighted by Crippen LogP contribution is -2.50. The van der Waals surface area contributed by atoms with Gasteiger partial charge in [-0.2, -0.15) is 0 Å². The van der Waals surface area contributed by atoms with Crippen molar-refractivity contribution in [1.29, 1.82) is 0 Å². The smallest absolute Gasteiger partial charge is 0.332 e. The minimum absolute atomic E-state index is 0.0360. The van der Waals surface area contributed by atoms with Gasteiger partial charge in [-0.15, -0.1) is 0 Å². The van der Waals surface area contributed by atoms with E-state index in [0.29, 0.717) is 5.57 Å². The molecule has 6 nitrogen and oxygen atoms in total. The van der Waals surface area contributed by atoms with Crippen LogP contribution in [0.4, 0.5) is 0 Å². The minimum atomic E-state index is -4.11. The summed E-state index contributed by atoms with van der Waals surface area (Å²) in [7, 11) is -1.51. The summed E-state index contributed by atoms with van der Waals surface area (Å²) in [4.78, 5) is 11.7. The van der Waals surface area contributed by atoms with Gasteiger partial charge in [0.05, 0.1) is 13.7 Å². The van der Waals surface area contributed by atoms with Crippen molar-refractivity contribution in [2.24, 2.45) is 5.14 Å². The van der Waals surface area contributed by atoms with E-state index in [1.54, 1.807) is 12.2 Å². The molecule has 1 rings (SSSR count). The molecule has 0 amide bonds. The summed E-state index contributed by atoms with van der Waals surface area (Å²) < 4.78 is 30.8. The largest absolute Gasteiger partial charge is 0.468 e. The molecule has 2 N–H and O–H groups in total. The molecule has 0 aromatic heterocycles. The van der Waals surface area contributed by atoms with Gasteiger partial charge in [-0.25, -0.2) is 18.4 Å². The van der Waals surface area contributed by atoms with Crippen LogP contribution in [0.25, 0.3) is 0 Å². The van der Waals surface area contributed by atoms with Crippen LogP contribution in [0.2, 0.25) is 0 Å². The van der Waals surface area contributed by atoms with Crippen molar-refractivity contribution < 1.29 is 22.7 Å². The van der Waals surface area contributed by atoms with Gasteiger partial charge in [0.25, 0.3) is 0 Å². The highest BCUT2D eigenvalue weighted by Crippen LogP contribution is 2.29. The molecule has 0 radical (unpaired) electrons. The summed E-state index contributed by atoms with van der Waals surface area (Å²) in [6, 6.07) is 0. The second kappa shape index (κ2) is 4.99. The standard InChI is InChI=1S/C10H15NO5S/c1-15-7-8-4-3-5-10(6-8,9(12)16-2)17(11,13)14/h3-4,6H,5,7H2,1-2H3,(H2,11,13,14). The third-order valence-corrected chi connectivity index (χ3v) is 3.99. The topological polar surface area (TPSA) is 95.7 Å². The van der Waals surface area contributed by atoms with Crippen LogP contribution in [0, 0.1) is 0 Å². The van der Waals surface area contributed by atoms with E-state index in [-0.39, 0.29) is 13.0 Å². The van der Waals surface area contributed by atoms with Gasteiger partial charge in [-0.05, 0) is 11.6 Å². The van der Waals surface area contributed by atoms with Gasteiger partial charge < -0.3 is 9.47 Å². The summed E-state index contributed by atoms with van der Waals surface area (Å²) in [6.45, 7) is 0.199. The van der Waals surface area contributed by atoms with Crippen LogP contribution >= 0.6 is 0 Å². The van der Waals surface area contributed by atoms with Crippen LogP contribution in [0.3, 0.4) is 0 Å². The van der Waals surface area contributed by atoms with E-state index in [9.17, 15) is 13.2 Å². The molecule has 0 aromatic rings. The Bertz CT molecular complexity index is 465. The average Bonchev–Trinajstić information content (AvgIpc) is 2.27. The summed E-state index contributed by atoms with van der Waals surface area (Å²) in [5, 5.41) is 5.13. The Balaban J connectivity index is 3.28. The molecule has 0 bridgehead atoms. The van der Waals surface area contributed by atoms with E-state index < -0.39 is 20.7 Å². The Morgan fingerprint density at radius 1 is 1.53 bits per heavy atom. The Labute approximate surface area is 100 Å². The number of sulfonamides is 1. The fourth-order valence-electron chi connectivity index (χ4n) is 1.68. The first-order valence-corrected chi connectivity index (χ1v) is 6.40. The van der Waals surface area contributed by atoms with E-state index >= 15 is 0 Å². The second-order valence-electron chi connectivity index (χ2n) is 3.68. The highest BCUT2D eigenvalue weighted by Gasteiger charge is 2.48. The first-order chi connectivity index (χ1) is 7.87. The molecule has 1 aliphatic rings. The molecule has 1 unspecified atom stereocenters. The molecular formula is C10H15NO5S. The fraction of sp³-hybridized carbons (Fsp3) is 0.500. The molecule has 0 fully saturated rings. The summed E-state index contributed by atoms with van der Waals surface area (Å²) in [6.07, 6.45) is 4.51. The number of hydrogen-bond donors (Lipinski definition) is 1.